The Morgan fingerprint density at radius 3 is 1.70 bits per heavy atom. The monoisotopic (exact) mass is 946 g/mol. The van der Waals surface area contributed by atoms with Crippen molar-refractivity contribution in [1.82, 2.24) is 5.01 Å². The van der Waals surface area contributed by atoms with Crippen LogP contribution in [-0.2, 0) is 18.4 Å². The second kappa shape index (κ2) is 22.6. The Balaban J connectivity index is 0.918. The quantitative estimate of drug-likeness (QED) is 0.0381. The zero-order valence-electron chi connectivity index (χ0n) is 44.8. The van der Waals surface area contributed by atoms with Crippen LogP contribution in [0.2, 0.25) is 0 Å². The van der Waals surface area contributed by atoms with Crippen LogP contribution >= 0.6 is 0 Å². The molecule has 71 heavy (non-hydrogen) atoms. The van der Waals surface area contributed by atoms with E-state index in [0.29, 0.717) is 10.8 Å². The van der Waals surface area contributed by atoms with Crippen molar-refractivity contribution in [3.05, 3.63) is 168 Å². The summed E-state index contributed by atoms with van der Waals surface area (Å²) in [5.74, 6) is 0. The molecule has 0 aromatic heterocycles. The van der Waals surface area contributed by atoms with Crippen molar-refractivity contribution in [3.8, 4) is 0 Å². The van der Waals surface area contributed by atoms with Gasteiger partial charge in [-0.1, -0.05) is 210 Å². The van der Waals surface area contributed by atoms with Crippen molar-refractivity contribution >= 4 is 43.7 Å². The van der Waals surface area contributed by atoms with Crippen LogP contribution in [0.1, 0.15) is 187 Å². The Hall–Kier alpha value is -5.28. The van der Waals surface area contributed by atoms with Crippen LogP contribution in [0, 0.1) is 16.2 Å². The molecule has 6 aromatic rings. The van der Waals surface area contributed by atoms with Gasteiger partial charge in [0.2, 0.25) is 0 Å². The van der Waals surface area contributed by atoms with E-state index in [4.69, 9.17) is 0 Å². The molecule has 9 rings (SSSR count). The van der Waals surface area contributed by atoms with E-state index >= 15 is 0 Å². The number of rotatable bonds is 23. The molecule has 2 unspecified atom stereocenters. The van der Waals surface area contributed by atoms with Gasteiger partial charge in [0, 0.05) is 17.3 Å². The topological polar surface area (TPSA) is 27.3 Å². The van der Waals surface area contributed by atoms with E-state index in [1.54, 1.807) is 5.57 Å². The maximum absolute atomic E-state index is 4.38. The summed E-state index contributed by atoms with van der Waals surface area (Å²) in [7, 11) is 0. The summed E-state index contributed by atoms with van der Waals surface area (Å²) in [5.41, 5.74) is 14.0. The van der Waals surface area contributed by atoms with Crippen LogP contribution in [0.3, 0.4) is 0 Å². The van der Waals surface area contributed by atoms with Crippen molar-refractivity contribution in [2.75, 3.05) is 10.7 Å². The Bertz CT molecular complexity index is 2790. The molecule has 2 aliphatic carbocycles. The average molecular weight is 946 g/mol. The zero-order valence-corrected chi connectivity index (χ0v) is 44.8. The van der Waals surface area contributed by atoms with Gasteiger partial charge in [-0.25, -0.2) is 0 Å². The first kappa shape index (κ1) is 50.7. The SMILES string of the molecule is CC(C)(C)CCCCCCCCCc1ccc(NN2C=C3CCC(Nc4ccc(CCCCCCCCCC(C)(C)C)cc4)(c4cccc5ccc6cc7ccccc7cc6c45)CC34CC=CC=C24)cc1. The minimum absolute atomic E-state index is 0.133. The van der Waals surface area contributed by atoms with Crippen molar-refractivity contribution in [1.29, 1.82) is 0 Å². The third-order valence-corrected chi connectivity index (χ3v) is 16.5. The molecule has 3 nitrogen and oxygen atoms in total. The lowest BCUT2D eigenvalue weighted by Crippen LogP contribution is -2.47. The molecular formula is C68H87N3. The Morgan fingerprint density at radius 1 is 0.535 bits per heavy atom. The van der Waals surface area contributed by atoms with E-state index in [0.717, 1.165) is 44.2 Å². The normalized spacial score (nSPS) is 19.0. The Kier molecular flexibility index (Phi) is 16.2. The molecule has 0 radical (unpaired) electrons. The van der Waals surface area contributed by atoms with E-state index in [9.17, 15) is 0 Å². The van der Waals surface area contributed by atoms with E-state index < -0.39 is 0 Å². The number of benzene rings is 6. The van der Waals surface area contributed by atoms with Crippen LogP contribution in [0.15, 0.2) is 151 Å². The third-order valence-electron chi connectivity index (χ3n) is 16.5. The van der Waals surface area contributed by atoms with Gasteiger partial charge >= 0.3 is 0 Å². The summed E-state index contributed by atoms with van der Waals surface area (Å²) in [6.45, 7) is 14.2. The number of allylic oxidation sites excluding steroid dienone is 4. The molecule has 0 bridgehead atoms. The highest BCUT2D eigenvalue weighted by molar-refractivity contribution is 6.13. The lowest BCUT2D eigenvalue weighted by atomic mass is 9.58. The van der Waals surface area contributed by atoms with E-state index in [1.807, 2.05) is 0 Å². The molecule has 1 heterocycles. The molecule has 0 amide bonds. The highest BCUT2D eigenvalue weighted by Gasteiger charge is 2.54. The predicted molar refractivity (Wildman–Crippen MR) is 309 cm³/mol. The average Bonchev–Trinajstić information content (AvgIpc) is 3.67. The largest absolute Gasteiger partial charge is 0.375 e. The maximum atomic E-state index is 4.38. The standard InChI is InChI=1S/C68H87N3/c1-65(2,3)44-22-15-11-7-9-13-17-26-52-33-39-59(40-34-52)69-68(62-31-25-30-54-37-38-57-48-55-28-19-20-29-56(55)49-61(57)64(54)62)47-43-58-50-71(63-32-21-24-46-67(58,63)51-68)70-60-41-35-53(36-42-60)27-18-14-10-8-12-16-23-45-66(4,5)6/h19-21,24-25,28-42,48-50,69-70H,7-18,22-23,26-27,43-47,51H2,1-6H3. The summed E-state index contributed by atoms with van der Waals surface area (Å²) in [5, 5.41) is 14.7. The van der Waals surface area contributed by atoms with Gasteiger partial charge in [0.1, 0.15) is 0 Å². The molecule has 1 saturated carbocycles. The van der Waals surface area contributed by atoms with Gasteiger partial charge in [-0.15, -0.1) is 0 Å². The number of hydrogen-bond acceptors (Lipinski definition) is 3. The van der Waals surface area contributed by atoms with Crippen LogP contribution in [0.25, 0.3) is 32.3 Å². The van der Waals surface area contributed by atoms with E-state index in [-0.39, 0.29) is 11.0 Å². The zero-order chi connectivity index (χ0) is 49.3. The molecule has 3 heteroatoms. The molecule has 0 saturated heterocycles. The Morgan fingerprint density at radius 2 is 1.08 bits per heavy atom. The van der Waals surface area contributed by atoms with Gasteiger partial charge in [0.25, 0.3) is 0 Å². The van der Waals surface area contributed by atoms with Gasteiger partial charge in [0.15, 0.2) is 0 Å². The van der Waals surface area contributed by atoms with Crippen molar-refractivity contribution < 1.29 is 0 Å². The number of anilines is 2. The second-order valence-electron chi connectivity index (χ2n) is 24.6. The summed E-state index contributed by atoms with van der Waals surface area (Å²) >= 11 is 0. The fourth-order valence-corrected chi connectivity index (χ4v) is 12.5. The van der Waals surface area contributed by atoms with Crippen LogP contribution in [0.5, 0.6) is 0 Å². The van der Waals surface area contributed by atoms with Gasteiger partial charge < -0.3 is 5.32 Å². The summed E-state index contributed by atoms with van der Waals surface area (Å²) < 4.78 is 0. The fourth-order valence-electron chi connectivity index (χ4n) is 12.5. The van der Waals surface area contributed by atoms with E-state index in [1.165, 1.54) is 163 Å². The third kappa shape index (κ3) is 12.7. The molecule has 6 aromatic carbocycles. The first-order valence-electron chi connectivity index (χ1n) is 28.3. The van der Waals surface area contributed by atoms with Gasteiger partial charge in [-0.3, -0.25) is 10.4 Å². The van der Waals surface area contributed by atoms with Crippen LogP contribution in [0.4, 0.5) is 11.4 Å². The fraction of sp³-hybridized carbons (Fsp3) is 0.471. The summed E-state index contributed by atoms with van der Waals surface area (Å²) in [6, 6.07) is 44.3. The van der Waals surface area contributed by atoms with Crippen LogP contribution in [-0.4, -0.2) is 5.01 Å². The molecule has 1 aliphatic heterocycles. The molecule has 374 valence electrons. The number of aryl methyl sites for hydroxylation is 2. The smallest absolute Gasteiger partial charge is 0.0646 e. The van der Waals surface area contributed by atoms with Crippen molar-refractivity contribution in [2.45, 2.75) is 188 Å². The second-order valence-corrected chi connectivity index (χ2v) is 24.6. The lowest BCUT2D eigenvalue weighted by molar-refractivity contribution is 0.223. The number of unbranched alkanes of at least 4 members (excludes halogenated alkanes) is 12. The highest BCUT2D eigenvalue weighted by atomic mass is 15.5. The predicted octanol–water partition coefficient (Wildman–Crippen LogP) is 20.1. The summed E-state index contributed by atoms with van der Waals surface area (Å²) in [6.07, 6.45) is 37.5. The van der Waals surface area contributed by atoms with Crippen molar-refractivity contribution in [2.24, 2.45) is 16.2 Å². The minimum atomic E-state index is -0.320. The number of nitrogens with one attached hydrogen (secondary N) is 2. The first-order chi connectivity index (χ1) is 34.4. The minimum Gasteiger partial charge on any atom is -0.375 e. The Labute approximate surface area is 429 Å². The molecule has 1 spiro atoms. The molecular weight excluding hydrogens is 859 g/mol. The maximum Gasteiger partial charge on any atom is 0.0646 e. The highest BCUT2D eigenvalue weighted by Crippen LogP contribution is 2.61. The van der Waals surface area contributed by atoms with Gasteiger partial charge in [-0.05, 0) is 172 Å². The summed E-state index contributed by atoms with van der Waals surface area (Å²) in [4.78, 5) is 0. The first-order valence-corrected chi connectivity index (χ1v) is 28.3. The molecule has 2 atom stereocenters. The molecule has 3 aliphatic rings. The van der Waals surface area contributed by atoms with E-state index in [2.05, 4.69) is 197 Å². The number of hydrazine groups is 1. The molecule has 1 fully saturated rings. The number of hydrogen-bond donors (Lipinski definition) is 2. The number of fused-ring (bicyclic) bond motifs is 4. The molecule has 2 N–H and O–H groups in total. The lowest BCUT2D eigenvalue weighted by Gasteiger charge is -2.50. The van der Waals surface area contributed by atoms with Crippen LogP contribution < -0.4 is 10.7 Å². The van der Waals surface area contributed by atoms with Crippen molar-refractivity contribution in [3.63, 3.8) is 0 Å². The van der Waals surface area contributed by atoms with Gasteiger partial charge in [-0.2, -0.15) is 0 Å². The number of nitrogens with zero attached hydrogens (tertiary/aromatic N) is 1. The van der Waals surface area contributed by atoms with Gasteiger partial charge in [0.05, 0.1) is 16.9 Å².